The average molecular weight is 156 g/mol. The highest BCUT2D eigenvalue weighted by molar-refractivity contribution is 4.81. The van der Waals surface area contributed by atoms with Crippen molar-refractivity contribution in [2.24, 2.45) is 5.41 Å². The summed E-state index contributed by atoms with van der Waals surface area (Å²) in [5.41, 5.74) is 0.565. The molecule has 1 aliphatic rings. The van der Waals surface area contributed by atoms with Crippen LogP contribution in [0.3, 0.4) is 0 Å². The van der Waals surface area contributed by atoms with E-state index in [4.69, 9.17) is 4.74 Å². The van der Waals surface area contributed by atoms with Crippen molar-refractivity contribution in [1.82, 2.24) is 0 Å². The normalized spacial score (nSPS) is 31.1. The van der Waals surface area contributed by atoms with Gasteiger partial charge in [0.2, 0.25) is 0 Å². The van der Waals surface area contributed by atoms with Crippen molar-refractivity contribution in [2.75, 3.05) is 13.2 Å². The molecule has 1 saturated heterocycles. The van der Waals surface area contributed by atoms with Gasteiger partial charge in [-0.1, -0.05) is 26.7 Å². The predicted molar refractivity (Wildman–Crippen MR) is 47.7 cm³/mol. The molecule has 0 radical (unpaired) electrons. The first-order chi connectivity index (χ1) is 5.33. The Morgan fingerprint density at radius 3 is 2.64 bits per heavy atom. The van der Waals surface area contributed by atoms with E-state index in [9.17, 15) is 0 Å². The molecule has 1 rings (SSSR count). The predicted octanol–water partition coefficient (Wildman–Crippen LogP) is 2.99. The molecule has 0 bridgehead atoms. The SMILES string of the molecule is CCCCC1(CC)CCOC1. The highest BCUT2D eigenvalue weighted by Crippen LogP contribution is 2.36. The molecule has 11 heavy (non-hydrogen) atoms. The van der Waals surface area contributed by atoms with Crippen LogP contribution in [0, 0.1) is 5.41 Å². The second kappa shape index (κ2) is 4.10. The monoisotopic (exact) mass is 156 g/mol. The minimum atomic E-state index is 0.565. The Hall–Kier alpha value is -0.0400. The maximum absolute atomic E-state index is 5.45. The van der Waals surface area contributed by atoms with Crippen molar-refractivity contribution in [3.05, 3.63) is 0 Å². The zero-order chi connectivity index (χ0) is 8.16. The van der Waals surface area contributed by atoms with Crippen LogP contribution in [0.4, 0.5) is 0 Å². The first-order valence-electron chi connectivity index (χ1n) is 4.91. The number of unbranched alkanes of at least 4 members (excludes halogenated alkanes) is 1. The van der Waals surface area contributed by atoms with Crippen molar-refractivity contribution < 1.29 is 4.74 Å². The molecule has 1 fully saturated rings. The van der Waals surface area contributed by atoms with Crippen LogP contribution in [0.5, 0.6) is 0 Å². The van der Waals surface area contributed by atoms with E-state index in [1.165, 1.54) is 32.1 Å². The van der Waals surface area contributed by atoms with Crippen molar-refractivity contribution in [3.8, 4) is 0 Å². The first-order valence-corrected chi connectivity index (χ1v) is 4.91. The van der Waals surface area contributed by atoms with Gasteiger partial charge in [-0.25, -0.2) is 0 Å². The molecular formula is C10H20O. The molecule has 1 heterocycles. The van der Waals surface area contributed by atoms with Crippen LogP contribution in [0.2, 0.25) is 0 Å². The van der Waals surface area contributed by atoms with Gasteiger partial charge in [0.25, 0.3) is 0 Å². The lowest BCUT2D eigenvalue weighted by Gasteiger charge is -2.25. The Morgan fingerprint density at radius 2 is 2.18 bits per heavy atom. The number of ether oxygens (including phenoxy) is 1. The van der Waals surface area contributed by atoms with E-state index in [0.29, 0.717) is 5.41 Å². The van der Waals surface area contributed by atoms with Gasteiger partial charge in [0.05, 0.1) is 6.61 Å². The van der Waals surface area contributed by atoms with E-state index in [-0.39, 0.29) is 0 Å². The van der Waals surface area contributed by atoms with Crippen molar-refractivity contribution in [1.29, 1.82) is 0 Å². The van der Waals surface area contributed by atoms with Gasteiger partial charge in [0.15, 0.2) is 0 Å². The molecule has 1 heteroatoms. The molecule has 0 aromatic carbocycles. The summed E-state index contributed by atoms with van der Waals surface area (Å²) < 4.78 is 5.45. The first kappa shape index (κ1) is 9.05. The van der Waals surface area contributed by atoms with Crippen LogP contribution in [-0.4, -0.2) is 13.2 Å². The number of rotatable bonds is 4. The molecule has 1 aliphatic heterocycles. The van der Waals surface area contributed by atoms with Crippen LogP contribution in [0.25, 0.3) is 0 Å². The second-order valence-corrected chi connectivity index (χ2v) is 3.76. The third kappa shape index (κ3) is 2.19. The number of hydrogen-bond donors (Lipinski definition) is 0. The minimum absolute atomic E-state index is 0.565. The molecule has 0 aromatic heterocycles. The van der Waals surface area contributed by atoms with Gasteiger partial charge in [-0.15, -0.1) is 0 Å². The lowest BCUT2D eigenvalue weighted by molar-refractivity contribution is 0.141. The Morgan fingerprint density at radius 1 is 1.36 bits per heavy atom. The van der Waals surface area contributed by atoms with E-state index >= 15 is 0 Å². The van der Waals surface area contributed by atoms with Crippen molar-refractivity contribution in [2.45, 2.75) is 46.0 Å². The topological polar surface area (TPSA) is 9.23 Å². The zero-order valence-corrected chi connectivity index (χ0v) is 7.86. The Kier molecular flexibility index (Phi) is 3.38. The molecule has 0 N–H and O–H groups in total. The van der Waals surface area contributed by atoms with Gasteiger partial charge >= 0.3 is 0 Å². The Bertz CT molecular complexity index is 103. The molecule has 0 spiro atoms. The minimum Gasteiger partial charge on any atom is -0.381 e. The van der Waals surface area contributed by atoms with Gasteiger partial charge in [-0.2, -0.15) is 0 Å². The van der Waals surface area contributed by atoms with E-state index in [1.807, 2.05) is 0 Å². The molecular weight excluding hydrogens is 136 g/mol. The van der Waals surface area contributed by atoms with Gasteiger partial charge in [0.1, 0.15) is 0 Å². The summed E-state index contributed by atoms with van der Waals surface area (Å²) >= 11 is 0. The quantitative estimate of drug-likeness (QED) is 0.608. The Labute approximate surface area is 70.1 Å². The van der Waals surface area contributed by atoms with E-state index in [2.05, 4.69) is 13.8 Å². The summed E-state index contributed by atoms with van der Waals surface area (Å²) in [6.45, 7) is 6.57. The molecule has 1 nitrogen and oxygen atoms in total. The molecule has 1 unspecified atom stereocenters. The molecule has 0 amide bonds. The highest BCUT2D eigenvalue weighted by atomic mass is 16.5. The average Bonchev–Trinajstić information content (AvgIpc) is 2.50. The maximum Gasteiger partial charge on any atom is 0.0523 e. The fourth-order valence-corrected chi connectivity index (χ4v) is 1.85. The van der Waals surface area contributed by atoms with E-state index in [0.717, 1.165) is 13.2 Å². The van der Waals surface area contributed by atoms with Crippen LogP contribution in [-0.2, 0) is 4.74 Å². The summed E-state index contributed by atoms with van der Waals surface area (Å²) in [6, 6.07) is 0. The van der Waals surface area contributed by atoms with Crippen LogP contribution < -0.4 is 0 Å². The van der Waals surface area contributed by atoms with Crippen LogP contribution >= 0.6 is 0 Å². The maximum atomic E-state index is 5.45. The van der Waals surface area contributed by atoms with Crippen molar-refractivity contribution in [3.63, 3.8) is 0 Å². The summed E-state index contributed by atoms with van der Waals surface area (Å²) in [5.74, 6) is 0. The van der Waals surface area contributed by atoms with Gasteiger partial charge in [-0.3, -0.25) is 0 Å². The summed E-state index contributed by atoms with van der Waals surface area (Å²) in [7, 11) is 0. The Balaban J connectivity index is 2.33. The third-order valence-corrected chi connectivity index (χ3v) is 3.00. The van der Waals surface area contributed by atoms with E-state index in [1.54, 1.807) is 0 Å². The summed E-state index contributed by atoms with van der Waals surface area (Å²) in [4.78, 5) is 0. The molecule has 1 atom stereocenters. The molecule has 0 aromatic rings. The standard InChI is InChI=1S/C10H20O/c1-3-5-6-10(4-2)7-8-11-9-10/h3-9H2,1-2H3. The molecule has 0 saturated carbocycles. The van der Waals surface area contributed by atoms with Crippen molar-refractivity contribution >= 4 is 0 Å². The lowest BCUT2D eigenvalue weighted by Crippen LogP contribution is -2.19. The van der Waals surface area contributed by atoms with E-state index < -0.39 is 0 Å². The second-order valence-electron chi connectivity index (χ2n) is 3.76. The summed E-state index contributed by atoms with van der Waals surface area (Å²) in [6.07, 6.45) is 6.66. The van der Waals surface area contributed by atoms with Gasteiger partial charge < -0.3 is 4.74 Å². The smallest absolute Gasteiger partial charge is 0.0523 e. The van der Waals surface area contributed by atoms with Gasteiger partial charge in [0, 0.05) is 6.61 Å². The third-order valence-electron chi connectivity index (χ3n) is 3.00. The zero-order valence-electron chi connectivity index (χ0n) is 7.86. The highest BCUT2D eigenvalue weighted by Gasteiger charge is 2.31. The fraction of sp³-hybridized carbons (Fsp3) is 1.00. The largest absolute Gasteiger partial charge is 0.381 e. The summed E-state index contributed by atoms with van der Waals surface area (Å²) in [5, 5.41) is 0. The van der Waals surface area contributed by atoms with Crippen LogP contribution in [0.1, 0.15) is 46.0 Å². The molecule has 66 valence electrons. The molecule has 0 aliphatic carbocycles. The fourth-order valence-electron chi connectivity index (χ4n) is 1.85. The van der Waals surface area contributed by atoms with Crippen LogP contribution in [0.15, 0.2) is 0 Å². The number of hydrogen-bond acceptors (Lipinski definition) is 1. The lowest BCUT2D eigenvalue weighted by atomic mass is 9.80. The van der Waals surface area contributed by atoms with Gasteiger partial charge in [-0.05, 0) is 24.7 Å².